The van der Waals surface area contributed by atoms with E-state index in [1.807, 2.05) is 67.6 Å². The van der Waals surface area contributed by atoms with Crippen LogP contribution in [-0.2, 0) is 0 Å². The normalized spacial score (nSPS) is 15.0. The number of pyridine rings is 1. The van der Waals surface area contributed by atoms with Gasteiger partial charge in [0.1, 0.15) is 0 Å². The Labute approximate surface area is 182 Å². The summed E-state index contributed by atoms with van der Waals surface area (Å²) in [4.78, 5) is 31.8. The number of piperidine rings is 1. The van der Waals surface area contributed by atoms with Crippen molar-refractivity contribution in [2.75, 3.05) is 31.5 Å². The second kappa shape index (κ2) is 9.71. The quantitative estimate of drug-likeness (QED) is 0.589. The van der Waals surface area contributed by atoms with Crippen molar-refractivity contribution >= 4 is 28.4 Å². The zero-order chi connectivity index (χ0) is 21.6. The number of aryl methyl sites for hydroxylation is 1. The van der Waals surface area contributed by atoms with Gasteiger partial charge < -0.3 is 15.5 Å². The van der Waals surface area contributed by atoms with Gasteiger partial charge in [-0.25, -0.2) is 4.79 Å². The van der Waals surface area contributed by atoms with E-state index in [4.69, 9.17) is 0 Å². The van der Waals surface area contributed by atoms with Crippen LogP contribution in [0.4, 0.5) is 10.5 Å². The first-order valence-electron chi connectivity index (χ1n) is 10.8. The van der Waals surface area contributed by atoms with E-state index < -0.39 is 0 Å². The van der Waals surface area contributed by atoms with E-state index in [1.54, 1.807) is 0 Å². The summed E-state index contributed by atoms with van der Waals surface area (Å²) in [6.07, 6.45) is 1.73. The zero-order valence-electron chi connectivity index (χ0n) is 17.8. The van der Waals surface area contributed by atoms with Gasteiger partial charge in [0.2, 0.25) is 0 Å². The number of ketones is 1. The molecule has 2 amide bonds. The third kappa shape index (κ3) is 5.27. The SMILES string of the molecule is Cc1cc(NC(=O)NCCN2CCC(C(=O)c3ccccc3)CC2)c2ccccc2n1. The van der Waals surface area contributed by atoms with Crippen LogP contribution in [0.15, 0.2) is 60.7 Å². The summed E-state index contributed by atoms with van der Waals surface area (Å²) in [6, 6.07) is 19.0. The maximum Gasteiger partial charge on any atom is 0.319 e. The second-order valence-corrected chi connectivity index (χ2v) is 8.06. The number of aromatic nitrogens is 1. The predicted octanol–water partition coefficient (Wildman–Crippen LogP) is 4.26. The van der Waals surface area contributed by atoms with Gasteiger partial charge in [0.05, 0.1) is 11.2 Å². The molecule has 2 heterocycles. The molecular weight excluding hydrogens is 388 g/mol. The Kier molecular flexibility index (Phi) is 6.57. The number of likely N-dealkylation sites (tertiary alicyclic amines) is 1. The van der Waals surface area contributed by atoms with Crippen molar-refractivity contribution in [3.05, 3.63) is 71.9 Å². The van der Waals surface area contributed by atoms with Gasteiger partial charge in [-0.3, -0.25) is 9.78 Å². The number of anilines is 1. The van der Waals surface area contributed by atoms with Gasteiger partial charge in [-0.15, -0.1) is 0 Å². The molecule has 2 aromatic carbocycles. The molecule has 1 fully saturated rings. The molecule has 31 heavy (non-hydrogen) atoms. The molecule has 0 radical (unpaired) electrons. The Hall–Kier alpha value is -3.25. The van der Waals surface area contributed by atoms with Crippen molar-refractivity contribution in [1.82, 2.24) is 15.2 Å². The van der Waals surface area contributed by atoms with E-state index in [2.05, 4.69) is 20.5 Å². The number of nitrogens with zero attached hydrogens (tertiary/aromatic N) is 2. The molecule has 0 atom stereocenters. The van der Waals surface area contributed by atoms with E-state index >= 15 is 0 Å². The molecule has 6 heteroatoms. The highest BCUT2D eigenvalue weighted by Gasteiger charge is 2.25. The van der Waals surface area contributed by atoms with Crippen LogP contribution in [0, 0.1) is 12.8 Å². The van der Waals surface area contributed by atoms with Crippen LogP contribution >= 0.6 is 0 Å². The molecule has 0 spiro atoms. The van der Waals surface area contributed by atoms with Crippen molar-refractivity contribution in [2.45, 2.75) is 19.8 Å². The monoisotopic (exact) mass is 416 g/mol. The van der Waals surface area contributed by atoms with Crippen LogP contribution in [-0.4, -0.2) is 47.9 Å². The third-order valence-electron chi connectivity index (χ3n) is 5.82. The van der Waals surface area contributed by atoms with E-state index in [9.17, 15) is 9.59 Å². The van der Waals surface area contributed by atoms with Crippen LogP contribution in [0.5, 0.6) is 0 Å². The first kappa shape index (κ1) is 21.0. The maximum atomic E-state index is 12.6. The number of nitrogens with one attached hydrogen (secondary N) is 2. The molecule has 2 N–H and O–H groups in total. The van der Waals surface area contributed by atoms with E-state index in [0.29, 0.717) is 6.54 Å². The Bertz CT molecular complexity index is 1060. The fourth-order valence-corrected chi connectivity index (χ4v) is 4.16. The Morgan fingerprint density at radius 1 is 1.03 bits per heavy atom. The minimum absolute atomic E-state index is 0.0955. The van der Waals surface area contributed by atoms with Crippen molar-refractivity contribution in [3.63, 3.8) is 0 Å². The van der Waals surface area contributed by atoms with Crippen LogP contribution in [0.1, 0.15) is 28.9 Å². The van der Waals surface area contributed by atoms with Crippen LogP contribution in [0.25, 0.3) is 10.9 Å². The summed E-state index contributed by atoms with van der Waals surface area (Å²) in [7, 11) is 0. The summed E-state index contributed by atoms with van der Waals surface area (Å²) in [6.45, 7) is 5.00. The number of amides is 2. The second-order valence-electron chi connectivity index (χ2n) is 8.06. The smallest absolute Gasteiger partial charge is 0.319 e. The molecule has 3 aromatic rings. The topological polar surface area (TPSA) is 74.3 Å². The number of carbonyl (C=O) groups excluding carboxylic acids is 2. The summed E-state index contributed by atoms with van der Waals surface area (Å²) in [5, 5.41) is 6.82. The molecular formula is C25H28N4O2. The highest BCUT2D eigenvalue weighted by Crippen LogP contribution is 2.23. The highest BCUT2D eigenvalue weighted by atomic mass is 16.2. The zero-order valence-corrected chi connectivity index (χ0v) is 17.8. The standard InChI is InChI=1S/C25H28N4O2/c1-18-17-23(21-9-5-6-10-22(21)27-18)28-25(31)26-13-16-29-14-11-20(12-15-29)24(30)19-7-3-2-4-8-19/h2-10,17,20H,11-16H2,1H3,(H2,26,27,28,31). The first-order chi connectivity index (χ1) is 15.1. The van der Waals surface area contributed by atoms with Crippen LogP contribution in [0.2, 0.25) is 0 Å². The van der Waals surface area contributed by atoms with Gasteiger partial charge in [0.25, 0.3) is 0 Å². The van der Waals surface area contributed by atoms with Gasteiger partial charge in [-0.05, 0) is 45.0 Å². The molecule has 1 aliphatic rings. The first-order valence-corrected chi connectivity index (χ1v) is 10.8. The Morgan fingerprint density at radius 3 is 2.52 bits per heavy atom. The molecule has 1 aliphatic heterocycles. The van der Waals surface area contributed by atoms with Gasteiger partial charge in [0.15, 0.2) is 5.78 Å². The lowest BCUT2D eigenvalue weighted by atomic mass is 9.89. The lowest BCUT2D eigenvalue weighted by Gasteiger charge is -2.31. The van der Waals surface area contributed by atoms with E-state index in [-0.39, 0.29) is 17.7 Å². The number of para-hydroxylation sites is 1. The minimum Gasteiger partial charge on any atom is -0.337 e. The molecule has 0 aliphatic carbocycles. The average molecular weight is 417 g/mol. The van der Waals surface area contributed by atoms with Crippen molar-refractivity contribution in [3.8, 4) is 0 Å². The largest absolute Gasteiger partial charge is 0.337 e. The molecule has 4 rings (SSSR count). The number of urea groups is 1. The van der Waals surface area contributed by atoms with Crippen molar-refractivity contribution < 1.29 is 9.59 Å². The number of rotatable bonds is 6. The Balaban J connectivity index is 1.23. The lowest BCUT2D eigenvalue weighted by Crippen LogP contribution is -2.41. The summed E-state index contributed by atoms with van der Waals surface area (Å²) >= 11 is 0. The maximum absolute atomic E-state index is 12.6. The fourth-order valence-electron chi connectivity index (χ4n) is 4.16. The molecule has 1 saturated heterocycles. The predicted molar refractivity (Wildman–Crippen MR) is 123 cm³/mol. The van der Waals surface area contributed by atoms with Gasteiger partial charge in [-0.2, -0.15) is 0 Å². The molecule has 0 saturated carbocycles. The van der Waals surface area contributed by atoms with Crippen molar-refractivity contribution in [1.29, 1.82) is 0 Å². The number of carbonyl (C=O) groups is 2. The van der Waals surface area contributed by atoms with Crippen LogP contribution in [0.3, 0.4) is 0 Å². The summed E-state index contributed by atoms with van der Waals surface area (Å²) < 4.78 is 0. The molecule has 0 unspecified atom stereocenters. The Morgan fingerprint density at radius 2 is 1.74 bits per heavy atom. The minimum atomic E-state index is -0.218. The van der Waals surface area contributed by atoms with E-state index in [1.165, 1.54) is 0 Å². The number of hydrogen-bond acceptors (Lipinski definition) is 4. The third-order valence-corrected chi connectivity index (χ3v) is 5.82. The number of fused-ring (bicyclic) bond motifs is 1. The highest BCUT2D eigenvalue weighted by molar-refractivity contribution is 6.00. The molecule has 160 valence electrons. The average Bonchev–Trinajstić information content (AvgIpc) is 2.79. The molecule has 6 nitrogen and oxygen atoms in total. The van der Waals surface area contributed by atoms with Gasteiger partial charge in [-0.1, -0.05) is 48.5 Å². The number of benzene rings is 2. The lowest BCUT2D eigenvalue weighted by molar-refractivity contribution is 0.0841. The summed E-state index contributed by atoms with van der Waals surface area (Å²) in [5.41, 5.74) is 3.30. The summed E-state index contributed by atoms with van der Waals surface area (Å²) in [5.74, 6) is 0.343. The molecule has 0 bridgehead atoms. The van der Waals surface area contributed by atoms with E-state index in [0.717, 1.165) is 60.3 Å². The van der Waals surface area contributed by atoms with Gasteiger partial charge in [0, 0.05) is 35.7 Å². The number of hydrogen-bond donors (Lipinski definition) is 2. The van der Waals surface area contributed by atoms with Crippen LogP contribution < -0.4 is 10.6 Å². The fraction of sp³-hybridized carbons (Fsp3) is 0.320. The number of Topliss-reactive ketones (excluding diaryl/α,β-unsaturated/α-hetero) is 1. The van der Waals surface area contributed by atoms with Gasteiger partial charge >= 0.3 is 6.03 Å². The van der Waals surface area contributed by atoms with Crippen molar-refractivity contribution in [2.24, 2.45) is 5.92 Å². The molecule has 1 aromatic heterocycles.